The summed E-state index contributed by atoms with van der Waals surface area (Å²) in [4.78, 5) is 23.7. The Hall–Kier alpha value is -1.63. The molecule has 4 nitrogen and oxygen atoms in total. The predicted molar refractivity (Wildman–Crippen MR) is 98.4 cm³/mol. The van der Waals surface area contributed by atoms with Gasteiger partial charge in [0.2, 0.25) is 5.13 Å². The molecule has 1 amide bonds. The Morgan fingerprint density at radius 1 is 1.43 bits per heavy atom. The molecule has 7 heteroatoms. The van der Waals surface area contributed by atoms with Crippen molar-refractivity contribution in [2.24, 2.45) is 4.99 Å². The van der Waals surface area contributed by atoms with Crippen molar-refractivity contribution in [3.05, 3.63) is 50.8 Å². The number of amidine groups is 1. The Labute approximate surface area is 147 Å². The largest absolute Gasteiger partial charge is 0.287 e. The Balaban J connectivity index is 1.93. The van der Waals surface area contributed by atoms with Crippen LogP contribution in [-0.2, 0) is 4.79 Å². The van der Waals surface area contributed by atoms with E-state index < -0.39 is 0 Å². The first kappa shape index (κ1) is 16.2. The third-order valence-corrected chi connectivity index (χ3v) is 5.24. The molecular weight excluding hydrogens is 350 g/mol. The first-order valence-corrected chi connectivity index (χ1v) is 9.12. The molecule has 2 heterocycles. The molecule has 1 aromatic carbocycles. The molecule has 3 rings (SSSR count). The fourth-order valence-electron chi connectivity index (χ4n) is 2.09. The monoisotopic (exact) mass is 363 g/mol. The van der Waals surface area contributed by atoms with Crippen molar-refractivity contribution >= 4 is 57.0 Å². The standard InChI is InChI=1S/C16H14ClN3OS2/c1-3-20-14(21)13(8-11-5-4-6-12(17)7-11)23-16(20)19-15-18-10(2)9-22-15/h4-9H,3H2,1-2H3/b13-8-,19-16+. The second-order valence-corrected chi connectivity index (χ2v) is 7.16. The maximum Gasteiger partial charge on any atom is 0.266 e. The number of hydrogen-bond acceptors (Lipinski definition) is 5. The lowest BCUT2D eigenvalue weighted by molar-refractivity contribution is -0.122. The number of nitrogens with zero attached hydrogens (tertiary/aromatic N) is 3. The van der Waals surface area contributed by atoms with E-state index in [1.54, 1.807) is 4.90 Å². The number of halogens is 1. The van der Waals surface area contributed by atoms with Crippen LogP contribution in [0.25, 0.3) is 6.08 Å². The number of carbonyl (C=O) groups excluding carboxylic acids is 1. The van der Waals surface area contributed by atoms with Crippen LogP contribution in [0.2, 0.25) is 5.02 Å². The fourth-order valence-corrected chi connectivity index (χ4v) is 4.06. The third-order valence-electron chi connectivity index (χ3n) is 3.15. The molecule has 2 aromatic rings. The number of benzene rings is 1. The van der Waals surface area contributed by atoms with Crippen molar-refractivity contribution < 1.29 is 4.79 Å². The molecular formula is C16H14ClN3OS2. The summed E-state index contributed by atoms with van der Waals surface area (Å²) in [6, 6.07) is 7.42. The van der Waals surface area contributed by atoms with Crippen LogP contribution in [0, 0.1) is 6.92 Å². The van der Waals surface area contributed by atoms with E-state index in [0.717, 1.165) is 11.3 Å². The van der Waals surface area contributed by atoms with Gasteiger partial charge in [-0.2, -0.15) is 4.99 Å². The van der Waals surface area contributed by atoms with Crippen molar-refractivity contribution in [1.82, 2.24) is 9.88 Å². The van der Waals surface area contributed by atoms with Crippen molar-refractivity contribution in [3.63, 3.8) is 0 Å². The number of carbonyl (C=O) groups is 1. The number of aryl methyl sites for hydroxylation is 1. The van der Waals surface area contributed by atoms with Gasteiger partial charge in [-0.15, -0.1) is 11.3 Å². The summed E-state index contributed by atoms with van der Waals surface area (Å²) in [5.74, 6) is -0.0375. The van der Waals surface area contributed by atoms with Crippen LogP contribution in [0.5, 0.6) is 0 Å². The summed E-state index contributed by atoms with van der Waals surface area (Å²) in [6.07, 6.45) is 1.84. The van der Waals surface area contributed by atoms with Gasteiger partial charge in [-0.05, 0) is 49.4 Å². The number of aromatic nitrogens is 1. The summed E-state index contributed by atoms with van der Waals surface area (Å²) in [7, 11) is 0. The van der Waals surface area contributed by atoms with Gasteiger partial charge in [0.05, 0.1) is 10.6 Å². The van der Waals surface area contributed by atoms with Gasteiger partial charge in [0, 0.05) is 16.9 Å². The van der Waals surface area contributed by atoms with Crippen LogP contribution >= 0.6 is 34.7 Å². The van der Waals surface area contributed by atoms with E-state index in [1.165, 1.54) is 23.1 Å². The molecule has 118 valence electrons. The van der Waals surface area contributed by atoms with Gasteiger partial charge in [-0.3, -0.25) is 9.69 Å². The highest BCUT2D eigenvalue weighted by Gasteiger charge is 2.32. The normalized spacial score (nSPS) is 18.4. The van der Waals surface area contributed by atoms with Crippen LogP contribution < -0.4 is 0 Å². The Bertz CT molecular complexity index is 813. The quantitative estimate of drug-likeness (QED) is 0.740. The Morgan fingerprint density at radius 2 is 2.26 bits per heavy atom. The van der Waals surface area contributed by atoms with Crippen molar-refractivity contribution in [2.75, 3.05) is 6.54 Å². The van der Waals surface area contributed by atoms with Gasteiger partial charge in [0.25, 0.3) is 5.91 Å². The maximum absolute atomic E-state index is 12.5. The molecule has 0 saturated carbocycles. The molecule has 0 aliphatic carbocycles. The molecule has 0 N–H and O–H groups in total. The lowest BCUT2D eigenvalue weighted by Crippen LogP contribution is -2.28. The minimum Gasteiger partial charge on any atom is -0.287 e. The summed E-state index contributed by atoms with van der Waals surface area (Å²) >= 11 is 8.84. The van der Waals surface area contributed by atoms with Crippen molar-refractivity contribution in [1.29, 1.82) is 0 Å². The number of thiazole rings is 1. The lowest BCUT2D eigenvalue weighted by Gasteiger charge is -2.11. The molecule has 1 aliphatic rings. The molecule has 23 heavy (non-hydrogen) atoms. The van der Waals surface area contributed by atoms with Crippen molar-refractivity contribution in [2.45, 2.75) is 13.8 Å². The Kier molecular flexibility index (Phi) is 4.84. The second kappa shape index (κ2) is 6.86. The van der Waals surface area contributed by atoms with E-state index in [1.807, 2.05) is 49.6 Å². The molecule has 0 spiro atoms. The molecule has 0 radical (unpaired) electrons. The molecule has 1 fully saturated rings. The average molecular weight is 364 g/mol. The number of amides is 1. The van der Waals surface area contributed by atoms with Gasteiger partial charge in [0.15, 0.2) is 5.17 Å². The number of aliphatic imine (C=N–C) groups is 1. The summed E-state index contributed by atoms with van der Waals surface area (Å²) in [5, 5.41) is 3.93. The van der Waals surface area contributed by atoms with Crippen LogP contribution in [-0.4, -0.2) is 27.5 Å². The zero-order chi connectivity index (χ0) is 16.4. The molecule has 1 aliphatic heterocycles. The number of thioether (sulfide) groups is 1. The Morgan fingerprint density at radius 3 is 2.91 bits per heavy atom. The smallest absolute Gasteiger partial charge is 0.266 e. The SMILES string of the molecule is CCN1C(=O)/C(=C/c2cccc(Cl)c2)S/C1=N/c1nc(C)cs1. The summed E-state index contributed by atoms with van der Waals surface area (Å²) in [6.45, 7) is 4.43. The first-order chi connectivity index (χ1) is 11.1. The zero-order valence-corrected chi connectivity index (χ0v) is 15.0. The first-order valence-electron chi connectivity index (χ1n) is 7.04. The highest BCUT2D eigenvalue weighted by molar-refractivity contribution is 8.18. The fraction of sp³-hybridized carbons (Fsp3) is 0.188. The number of rotatable bonds is 3. The van der Waals surface area contributed by atoms with Crippen molar-refractivity contribution in [3.8, 4) is 0 Å². The maximum atomic E-state index is 12.5. The van der Waals surface area contributed by atoms with Crippen LogP contribution in [0.15, 0.2) is 39.5 Å². The van der Waals surface area contributed by atoms with Gasteiger partial charge < -0.3 is 0 Å². The summed E-state index contributed by atoms with van der Waals surface area (Å²) in [5.41, 5.74) is 1.83. The van der Waals surface area contributed by atoms with Gasteiger partial charge >= 0.3 is 0 Å². The molecule has 0 unspecified atom stereocenters. The van der Waals surface area contributed by atoms with Gasteiger partial charge in [-0.25, -0.2) is 4.98 Å². The van der Waals surface area contributed by atoms with Crippen LogP contribution in [0.1, 0.15) is 18.2 Å². The molecule has 0 bridgehead atoms. The molecule has 1 saturated heterocycles. The van der Waals surface area contributed by atoms with E-state index in [-0.39, 0.29) is 5.91 Å². The van der Waals surface area contributed by atoms with E-state index in [2.05, 4.69) is 9.98 Å². The van der Waals surface area contributed by atoms with Crippen LogP contribution in [0.3, 0.4) is 0 Å². The minimum atomic E-state index is -0.0375. The van der Waals surface area contributed by atoms with Crippen LogP contribution in [0.4, 0.5) is 5.13 Å². The average Bonchev–Trinajstić information content (AvgIpc) is 3.04. The summed E-state index contributed by atoms with van der Waals surface area (Å²) < 4.78 is 0. The predicted octanol–water partition coefficient (Wildman–Crippen LogP) is 4.73. The molecule has 1 aromatic heterocycles. The third kappa shape index (κ3) is 3.65. The van der Waals surface area contributed by atoms with Gasteiger partial charge in [-0.1, -0.05) is 23.7 Å². The number of hydrogen-bond donors (Lipinski definition) is 0. The topological polar surface area (TPSA) is 45.6 Å². The lowest BCUT2D eigenvalue weighted by atomic mass is 10.2. The van der Waals surface area contributed by atoms with E-state index in [9.17, 15) is 4.79 Å². The van der Waals surface area contributed by atoms with E-state index >= 15 is 0 Å². The minimum absolute atomic E-state index is 0.0375. The highest BCUT2D eigenvalue weighted by atomic mass is 35.5. The number of likely N-dealkylation sites (N-methyl/N-ethyl adjacent to an activating group) is 1. The molecule has 0 atom stereocenters. The van der Waals surface area contributed by atoms with Gasteiger partial charge in [0.1, 0.15) is 0 Å². The second-order valence-electron chi connectivity index (χ2n) is 4.88. The van der Waals surface area contributed by atoms with E-state index in [4.69, 9.17) is 11.6 Å². The highest BCUT2D eigenvalue weighted by Crippen LogP contribution is 2.34. The zero-order valence-electron chi connectivity index (χ0n) is 12.6. The van der Waals surface area contributed by atoms with E-state index in [0.29, 0.717) is 26.8 Å².